The van der Waals surface area contributed by atoms with Gasteiger partial charge in [0, 0.05) is 0 Å². The Morgan fingerprint density at radius 2 is 2.05 bits per heavy atom. The van der Waals surface area contributed by atoms with Gasteiger partial charge in [-0.1, -0.05) is 30.3 Å². The van der Waals surface area contributed by atoms with E-state index in [-0.39, 0.29) is 12.1 Å². The second kappa shape index (κ2) is 6.00. The van der Waals surface area contributed by atoms with Crippen molar-refractivity contribution in [3.8, 4) is 5.75 Å². The van der Waals surface area contributed by atoms with Crippen LogP contribution in [0.3, 0.4) is 0 Å². The van der Waals surface area contributed by atoms with E-state index < -0.39 is 0 Å². The Morgan fingerprint density at radius 3 is 2.86 bits per heavy atom. The van der Waals surface area contributed by atoms with Gasteiger partial charge in [0.1, 0.15) is 12.4 Å². The first-order chi connectivity index (χ1) is 10.2. The van der Waals surface area contributed by atoms with Gasteiger partial charge in [-0.3, -0.25) is 0 Å². The molecule has 0 fully saturated rings. The van der Waals surface area contributed by atoms with E-state index in [1.807, 2.05) is 42.5 Å². The predicted molar refractivity (Wildman–Crippen MR) is 80.4 cm³/mol. The zero-order valence-electron chi connectivity index (χ0n) is 12.0. The van der Waals surface area contributed by atoms with Gasteiger partial charge in [0.25, 0.3) is 0 Å². The number of fused-ring (bicyclic) bond motifs is 1. The first kappa shape index (κ1) is 13.7. The zero-order chi connectivity index (χ0) is 14.7. The van der Waals surface area contributed by atoms with Crippen molar-refractivity contribution in [1.82, 2.24) is 0 Å². The van der Waals surface area contributed by atoms with Crippen molar-refractivity contribution in [3.05, 3.63) is 65.2 Å². The highest BCUT2D eigenvalue weighted by Gasteiger charge is 2.18. The normalized spacial score (nSPS) is 16.7. The summed E-state index contributed by atoms with van der Waals surface area (Å²) in [6, 6.07) is 15.2. The van der Waals surface area contributed by atoms with E-state index in [4.69, 9.17) is 9.47 Å². The van der Waals surface area contributed by atoms with Gasteiger partial charge in [-0.25, -0.2) is 4.79 Å². The van der Waals surface area contributed by atoms with Crippen LogP contribution < -0.4 is 4.74 Å². The molecule has 1 aliphatic heterocycles. The van der Waals surface area contributed by atoms with Crippen molar-refractivity contribution >= 4 is 5.97 Å². The van der Waals surface area contributed by atoms with E-state index in [0.717, 1.165) is 29.7 Å². The van der Waals surface area contributed by atoms with Crippen molar-refractivity contribution in [2.45, 2.75) is 32.5 Å². The van der Waals surface area contributed by atoms with E-state index in [2.05, 4.69) is 6.92 Å². The molecule has 2 aromatic carbocycles. The fraction of sp³-hybridized carbons (Fsp3) is 0.278. The first-order valence-electron chi connectivity index (χ1n) is 7.23. The van der Waals surface area contributed by atoms with Crippen molar-refractivity contribution < 1.29 is 14.3 Å². The molecule has 108 valence electrons. The summed E-state index contributed by atoms with van der Waals surface area (Å²) in [6.07, 6.45) is 2.17. The Bertz CT molecular complexity index is 634. The van der Waals surface area contributed by atoms with Gasteiger partial charge >= 0.3 is 5.97 Å². The van der Waals surface area contributed by atoms with E-state index in [1.165, 1.54) is 0 Å². The molecular weight excluding hydrogens is 264 g/mol. The summed E-state index contributed by atoms with van der Waals surface area (Å²) in [5.74, 6) is 0.591. The lowest BCUT2D eigenvalue weighted by atomic mass is 10.0. The molecule has 3 rings (SSSR count). The number of hydrogen-bond acceptors (Lipinski definition) is 3. The number of carbonyl (C=O) groups is 1. The van der Waals surface area contributed by atoms with Crippen LogP contribution in [0.25, 0.3) is 0 Å². The number of hydrogen-bond donors (Lipinski definition) is 0. The summed E-state index contributed by atoms with van der Waals surface area (Å²) in [6.45, 7) is 2.36. The third-order valence-corrected chi connectivity index (χ3v) is 3.66. The van der Waals surface area contributed by atoms with Gasteiger partial charge in [-0.15, -0.1) is 0 Å². The summed E-state index contributed by atoms with van der Waals surface area (Å²) in [4.78, 5) is 12.1. The van der Waals surface area contributed by atoms with Gasteiger partial charge in [0.15, 0.2) is 0 Å². The number of ether oxygens (including phenoxy) is 2. The van der Waals surface area contributed by atoms with Crippen molar-refractivity contribution in [2.24, 2.45) is 0 Å². The molecule has 0 aliphatic carbocycles. The number of benzene rings is 2. The fourth-order valence-electron chi connectivity index (χ4n) is 2.46. The Kier molecular flexibility index (Phi) is 3.91. The van der Waals surface area contributed by atoms with Crippen LogP contribution in [0, 0.1) is 0 Å². The molecule has 0 aromatic heterocycles. The van der Waals surface area contributed by atoms with Crippen molar-refractivity contribution in [1.29, 1.82) is 0 Å². The van der Waals surface area contributed by atoms with Crippen LogP contribution in [0.4, 0.5) is 0 Å². The van der Waals surface area contributed by atoms with Crippen LogP contribution in [0.5, 0.6) is 5.75 Å². The Morgan fingerprint density at radius 1 is 1.24 bits per heavy atom. The smallest absolute Gasteiger partial charge is 0.338 e. The molecule has 0 saturated carbocycles. The van der Waals surface area contributed by atoms with E-state index in [0.29, 0.717) is 12.2 Å². The van der Waals surface area contributed by atoms with Crippen LogP contribution in [0.15, 0.2) is 48.5 Å². The minimum absolute atomic E-state index is 0.244. The predicted octanol–water partition coefficient (Wildman–Crippen LogP) is 3.76. The SMILES string of the molecule is CC1CCc2cc(C(=O)OCc3ccccc3)ccc2O1. The highest BCUT2D eigenvalue weighted by Crippen LogP contribution is 2.28. The van der Waals surface area contributed by atoms with Crippen molar-refractivity contribution in [2.75, 3.05) is 0 Å². The maximum absolute atomic E-state index is 12.1. The number of esters is 1. The molecule has 1 heterocycles. The summed E-state index contributed by atoms with van der Waals surface area (Å²) < 4.78 is 11.1. The lowest BCUT2D eigenvalue weighted by molar-refractivity contribution is 0.0472. The molecule has 0 N–H and O–H groups in total. The highest BCUT2D eigenvalue weighted by atomic mass is 16.5. The molecule has 0 saturated heterocycles. The monoisotopic (exact) mass is 282 g/mol. The molecule has 1 aliphatic rings. The third kappa shape index (κ3) is 3.24. The Balaban J connectivity index is 1.68. The minimum atomic E-state index is -0.291. The second-order valence-electron chi connectivity index (χ2n) is 5.35. The van der Waals surface area contributed by atoms with E-state index in [9.17, 15) is 4.79 Å². The molecule has 0 spiro atoms. The van der Waals surface area contributed by atoms with Gasteiger partial charge in [-0.05, 0) is 49.1 Å². The third-order valence-electron chi connectivity index (χ3n) is 3.66. The number of aryl methyl sites for hydroxylation is 1. The fourth-order valence-corrected chi connectivity index (χ4v) is 2.46. The van der Waals surface area contributed by atoms with Crippen LogP contribution in [0.1, 0.15) is 34.8 Å². The molecule has 2 aromatic rings. The molecule has 0 amide bonds. The summed E-state index contributed by atoms with van der Waals surface area (Å²) in [5.41, 5.74) is 2.66. The Labute approximate surface area is 124 Å². The lowest BCUT2D eigenvalue weighted by Gasteiger charge is -2.23. The number of carbonyl (C=O) groups excluding carboxylic acids is 1. The first-order valence-corrected chi connectivity index (χ1v) is 7.23. The lowest BCUT2D eigenvalue weighted by Crippen LogP contribution is -2.19. The average Bonchev–Trinajstić information content (AvgIpc) is 2.53. The van der Waals surface area contributed by atoms with E-state index in [1.54, 1.807) is 6.07 Å². The quantitative estimate of drug-likeness (QED) is 0.804. The number of rotatable bonds is 3. The van der Waals surface area contributed by atoms with Crippen LogP contribution in [-0.4, -0.2) is 12.1 Å². The maximum atomic E-state index is 12.1. The van der Waals surface area contributed by atoms with Gasteiger partial charge < -0.3 is 9.47 Å². The molecule has 0 bridgehead atoms. The maximum Gasteiger partial charge on any atom is 0.338 e. The molecule has 21 heavy (non-hydrogen) atoms. The standard InChI is InChI=1S/C18H18O3/c1-13-7-8-15-11-16(9-10-17(15)21-13)18(19)20-12-14-5-3-2-4-6-14/h2-6,9-11,13H,7-8,12H2,1H3. The van der Waals surface area contributed by atoms with Crippen LogP contribution >= 0.6 is 0 Å². The Hall–Kier alpha value is -2.29. The summed E-state index contributed by atoms with van der Waals surface area (Å²) in [5, 5.41) is 0. The van der Waals surface area contributed by atoms with Gasteiger partial charge in [0.05, 0.1) is 11.7 Å². The molecule has 3 heteroatoms. The van der Waals surface area contributed by atoms with Crippen LogP contribution in [0.2, 0.25) is 0 Å². The van der Waals surface area contributed by atoms with Gasteiger partial charge in [0.2, 0.25) is 0 Å². The highest BCUT2D eigenvalue weighted by molar-refractivity contribution is 5.89. The van der Waals surface area contributed by atoms with Crippen molar-refractivity contribution in [3.63, 3.8) is 0 Å². The molecular formula is C18H18O3. The average molecular weight is 282 g/mol. The molecule has 0 radical (unpaired) electrons. The largest absolute Gasteiger partial charge is 0.490 e. The topological polar surface area (TPSA) is 35.5 Å². The van der Waals surface area contributed by atoms with E-state index >= 15 is 0 Å². The molecule has 1 atom stereocenters. The molecule has 3 nitrogen and oxygen atoms in total. The van der Waals surface area contributed by atoms with Crippen LogP contribution in [-0.2, 0) is 17.8 Å². The summed E-state index contributed by atoms with van der Waals surface area (Å²) >= 11 is 0. The minimum Gasteiger partial charge on any atom is -0.490 e. The molecule has 1 unspecified atom stereocenters. The second-order valence-corrected chi connectivity index (χ2v) is 5.35. The zero-order valence-corrected chi connectivity index (χ0v) is 12.0. The van der Waals surface area contributed by atoms with Gasteiger partial charge in [-0.2, -0.15) is 0 Å². The summed E-state index contributed by atoms with van der Waals surface area (Å²) in [7, 11) is 0.